The topological polar surface area (TPSA) is 81.5 Å². The Hall–Kier alpha value is -1.93. The lowest BCUT2D eigenvalue weighted by Crippen LogP contribution is -2.22. The zero-order valence-electron chi connectivity index (χ0n) is 14.4. The van der Waals surface area contributed by atoms with Gasteiger partial charge in [0.15, 0.2) is 0 Å². The van der Waals surface area contributed by atoms with Gasteiger partial charge in [-0.1, -0.05) is 6.92 Å². The van der Waals surface area contributed by atoms with E-state index in [4.69, 9.17) is 4.74 Å². The number of sulfonamides is 1. The summed E-state index contributed by atoms with van der Waals surface area (Å²) >= 11 is 0. The third kappa shape index (κ3) is 3.76. The smallest absolute Gasteiger partial charge is 0.306 e. The molecule has 0 amide bonds. The van der Waals surface area contributed by atoms with E-state index in [0.29, 0.717) is 18.5 Å². The van der Waals surface area contributed by atoms with Gasteiger partial charge in [-0.25, -0.2) is 17.7 Å². The first-order chi connectivity index (χ1) is 11.3. The fraction of sp³-hybridized carbons (Fsp3) is 0.500. The van der Waals surface area contributed by atoms with Crippen LogP contribution in [0.15, 0.2) is 23.1 Å². The maximum atomic E-state index is 12.2. The number of aromatic nitrogens is 2. The number of hydrogen-bond acceptors (Lipinski definition) is 5. The van der Waals surface area contributed by atoms with Crippen LogP contribution in [0.2, 0.25) is 0 Å². The highest BCUT2D eigenvalue weighted by Gasteiger charge is 2.19. The quantitative estimate of drug-likeness (QED) is 0.708. The van der Waals surface area contributed by atoms with Crippen LogP contribution in [0, 0.1) is 0 Å². The van der Waals surface area contributed by atoms with Crippen molar-refractivity contribution in [2.24, 2.45) is 7.05 Å². The van der Waals surface area contributed by atoms with Gasteiger partial charge in [0.05, 0.1) is 29.0 Å². The van der Waals surface area contributed by atoms with E-state index in [1.165, 1.54) is 18.4 Å². The van der Waals surface area contributed by atoms with Crippen LogP contribution in [0.25, 0.3) is 11.0 Å². The molecule has 0 fully saturated rings. The van der Waals surface area contributed by atoms with Gasteiger partial charge in [0, 0.05) is 27.6 Å². The molecule has 24 heavy (non-hydrogen) atoms. The van der Waals surface area contributed by atoms with Gasteiger partial charge in [-0.2, -0.15) is 0 Å². The molecule has 2 rings (SSSR count). The number of fused-ring (bicyclic) bond motifs is 1. The number of ether oxygens (including phenoxy) is 1. The lowest BCUT2D eigenvalue weighted by molar-refractivity contribution is -0.143. The summed E-state index contributed by atoms with van der Waals surface area (Å²) in [5, 5.41) is 0. The van der Waals surface area contributed by atoms with Crippen LogP contribution in [0.5, 0.6) is 0 Å². The molecule has 8 heteroatoms. The first-order valence-corrected chi connectivity index (χ1v) is 9.25. The number of carbonyl (C=O) groups excluding carboxylic acids is 1. The molecule has 0 spiro atoms. The Kier molecular flexibility index (Phi) is 5.61. The first kappa shape index (κ1) is 18.4. The predicted octanol–water partition coefficient (Wildman–Crippen LogP) is 1.71. The molecule has 0 aliphatic rings. The van der Waals surface area contributed by atoms with Crippen molar-refractivity contribution in [3.63, 3.8) is 0 Å². The summed E-state index contributed by atoms with van der Waals surface area (Å²) in [6.07, 6.45) is 1.49. The number of benzene rings is 1. The molecule has 0 saturated heterocycles. The molecule has 132 valence electrons. The van der Waals surface area contributed by atoms with Crippen LogP contribution in [-0.2, 0) is 33.0 Å². The summed E-state index contributed by atoms with van der Waals surface area (Å²) in [6.45, 7) is 2.37. The molecule has 0 unspecified atom stereocenters. The van der Waals surface area contributed by atoms with E-state index < -0.39 is 10.0 Å². The minimum atomic E-state index is -3.50. The van der Waals surface area contributed by atoms with Gasteiger partial charge >= 0.3 is 5.97 Å². The van der Waals surface area contributed by atoms with E-state index in [-0.39, 0.29) is 17.3 Å². The average molecular weight is 353 g/mol. The second kappa shape index (κ2) is 7.31. The van der Waals surface area contributed by atoms with Crippen molar-refractivity contribution >= 4 is 27.0 Å². The van der Waals surface area contributed by atoms with Gasteiger partial charge in [-0.3, -0.25) is 4.79 Å². The van der Waals surface area contributed by atoms with Crippen molar-refractivity contribution < 1.29 is 17.9 Å². The second-order valence-electron chi connectivity index (χ2n) is 5.75. The first-order valence-electron chi connectivity index (χ1n) is 7.81. The molecule has 7 nitrogen and oxygen atoms in total. The molecule has 1 aromatic carbocycles. The lowest BCUT2D eigenvalue weighted by Gasteiger charge is -2.10. The number of aryl methyl sites for hydroxylation is 2. The molecule has 0 aliphatic heterocycles. The zero-order chi connectivity index (χ0) is 17.9. The molecule has 0 atom stereocenters. The van der Waals surface area contributed by atoms with Crippen LogP contribution >= 0.6 is 0 Å². The van der Waals surface area contributed by atoms with Gasteiger partial charge in [0.2, 0.25) is 10.0 Å². The number of nitrogens with zero attached hydrogens (tertiary/aromatic N) is 3. The lowest BCUT2D eigenvalue weighted by atomic mass is 10.3. The van der Waals surface area contributed by atoms with E-state index >= 15 is 0 Å². The van der Waals surface area contributed by atoms with Crippen molar-refractivity contribution in [2.45, 2.75) is 31.1 Å². The number of carbonyl (C=O) groups is 1. The monoisotopic (exact) mass is 353 g/mol. The Morgan fingerprint density at radius 3 is 2.67 bits per heavy atom. The minimum Gasteiger partial charge on any atom is -0.466 e. The van der Waals surface area contributed by atoms with Crippen molar-refractivity contribution in [3.8, 4) is 0 Å². The molecule has 0 bridgehead atoms. The Balaban J connectivity index is 2.25. The largest absolute Gasteiger partial charge is 0.466 e. The van der Waals surface area contributed by atoms with Crippen LogP contribution < -0.4 is 0 Å². The van der Waals surface area contributed by atoms with Gasteiger partial charge in [-0.15, -0.1) is 0 Å². The Labute approximate surface area is 142 Å². The molecular weight excluding hydrogens is 330 g/mol. The summed E-state index contributed by atoms with van der Waals surface area (Å²) in [5.41, 5.74) is 1.42. The molecular formula is C16H23N3O4S. The number of imidazole rings is 1. The van der Waals surface area contributed by atoms with Crippen LogP contribution in [-0.4, -0.2) is 48.9 Å². The normalized spacial score (nSPS) is 12.0. The van der Waals surface area contributed by atoms with Crippen molar-refractivity contribution in [2.75, 3.05) is 20.7 Å². The van der Waals surface area contributed by atoms with Gasteiger partial charge < -0.3 is 9.30 Å². The standard InChI is InChI=1S/C16H23N3O4S/c1-5-10-23-16(20)9-8-15-17-13-11-12(24(21,22)18(2)3)6-7-14(13)19(15)4/h6-7,11H,5,8-10H2,1-4H3. The van der Waals surface area contributed by atoms with E-state index in [1.54, 1.807) is 18.2 Å². The van der Waals surface area contributed by atoms with E-state index in [2.05, 4.69) is 4.98 Å². The van der Waals surface area contributed by atoms with Gasteiger partial charge in [0.25, 0.3) is 0 Å². The third-order valence-corrected chi connectivity index (χ3v) is 5.55. The van der Waals surface area contributed by atoms with Crippen molar-refractivity contribution in [1.29, 1.82) is 0 Å². The van der Waals surface area contributed by atoms with Crippen molar-refractivity contribution in [3.05, 3.63) is 24.0 Å². The minimum absolute atomic E-state index is 0.201. The van der Waals surface area contributed by atoms with Crippen LogP contribution in [0.4, 0.5) is 0 Å². The molecule has 1 heterocycles. The number of rotatable bonds is 7. The maximum absolute atomic E-state index is 12.2. The summed E-state index contributed by atoms with van der Waals surface area (Å²) in [4.78, 5) is 16.3. The molecule has 0 N–H and O–H groups in total. The van der Waals surface area contributed by atoms with Crippen LogP contribution in [0.1, 0.15) is 25.6 Å². The van der Waals surface area contributed by atoms with E-state index in [9.17, 15) is 13.2 Å². The second-order valence-corrected chi connectivity index (χ2v) is 7.90. The summed E-state index contributed by atoms with van der Waals surface area (Å²) in [6, 6.07) is 4.86. The highest BCUT2D eigenvalue weighted by atomic mass is 32.2. The van der Waals surface area contributed by atoms with Crippen LogP contribution in [0.3, 0.4) is 0 Å². The SMILES string of the molecule is CCCOC(=O)CCc1nc2cc(S(=O)(=O)N(C)C)ccc2n1C. The number of hydrogen-bond donors (Lipinski definition) is 0. The van der Waals surface area contributed by atoms with Gasteiger partial charge in [0.1, 0.15) is 5.82 Å². The van der Waals surface area contributed by atoms with Gasteiger partial charge in [-0.05, 0) is 24.6 Å². The summed E-state index contributed by atoms with van der Waals surface area (Å²) < 4.78 is 32.5. The molecule has 0 aliphatic carbocycles. The highest BCUT2D eigenvalue weighted by molar-refractivity contribution is 7.89. The third-order valence-electron chi connectivity index (χ3n) is 3.74. The molecule has 0 radical (unpaired) electrons. The zero-order valence-corrected chi connectivity index (χ0v) is 15.3. The molecule has 1 aromatic heterocycles. The number of esters is 1. The Bertz CT molecular complexity index is 840. The van der Waals surface area contributed by atoms with E-state index in [0.717, 1.165) is 17.8 Å². The fourth-order valence-electron chi connectivity index (χ4n) is 2.33. The molecule has 0 saturated carbocycles. The molecule has 2 aromatic rings. The predicted molar refractivity (Wildman–Crippen MR) is 91.2 cm³/mol. The Morgan fingerprint density at radius 1 is 1.33 bits per heavy atom. The van der Waals surface area contributed by atoms with Crippen molar-refractivity contribution in [1.82, 2.24) is 13.9 Å². The fourth-order valence-corrected chi connectivity index (χ4v) is 3.25. The average Bonchev–Trinajstić information content (AvgIpc) is 2.86. The summed E-state index contributed by atoms with van der Waals surface area (Å²) in [5.74, 6) is 0.470. The van der Waals surface area contributed by atoms with E-state index in [1.807, 2.05) is 18.5 Å². The Morgan fingerprint density at radius 2 is 2.04 bits per heavy atom. The maximum Gasteiger partial charge on any atom is 0.306 e. The summed E-state index contributed by atoms with van der Waals surface area (Å²) in [7, 11) is 1.33. The highest BCUT2D eigenvalue weighted by Crippen LogP contribution is 2.21.